The number of amides is 2. The Hall–Kier alpha value is -4.55. The summed E-state index contributed by atoms with van der Waals surface area (Å²) in [5.74, 6) is -3.44. The Morgan fingerprint density at radius 2 is 1.53 bits per heavy atom. The molecule has 3 unspecified atom stereocenters. The van der Waals surface area contributed by atoms with Gasteiger partial charge in [-0.15, -0.1) is 0 Å². The fourth-order valence-electron chi connectivity index (χ4n) is 5.37. The van der Waals surface area contributed by atoms with Crippen LogP contribution < -0.4 is 10.1 Å². The van der Waals surface area contributed by atoms with Crippen molar-refractivity contribution < 1.29 is 50.2 Å². The summed E-state index contributed by atoms with van der Waals surface area (Å²) >= 11 is 0. The second-order valence-corrected chi connectivity index (χ2v) is 10.4. The molecule has 1 aliphatic heterocycles. The van der Waals surface area contributed by atoms with Gasteiger partial charge >= 0.3 is 18.3 Å². The lowest BCUT2D eigenvalue weighted by atomic mass is 9.77. The van der Waals surface area contributed by atoms with Crippen LogP contribution >= 0.6 is 0 Å². The van der Waals surface area contributed by atoms with Crippen molar-refractivity contribution >= 4 is 17.8 Å². The van der Waals surface area contributed by atoms with Crippen LogP contribution in [-0.2, 0) is 33.1 Å². The van der Waals surface area contributed by atoms with Crippen molar-refractivity contribution in [2.75, 3.05) is 20.3 Å². The molecule has 0 radical (unpaired) electrons. The van der Waals surface area contributed by atoms with Crippen molar-refractivity contribution in [2.24, 2.45) is 0 Å². The number of benzene rings is 3. The number of rotatable bonds is 9. The van der Waals surface area contributed by atoms with Crippen LogP contribution in [-0.4, -0.2) is 49.0 Å². The molecule has 0 fully saturated rings. The van der Waals surface area contributed by atoms with Crippen molar-refractivity contribution in [3.8, 4) is 5.75 Å². The molecule has 2 amide bonds. The minimum absolute atomic E-state index is 0.0248. The number of methoxy groups -OCH3 is 1. The third-order valence-corrected chi connectivity index (χ3v) is 7.53. The van der Waals surface area contributed by atoms with E-state index in [1.807, 2.05) is 0 Å². The second kappa shape index (κ2) is 13.2. The van der Waals surface area contributed by atoms with E-state index >= 15 is 0 Å². The highest BCUT2D eigenvalue weighted by atomic mass is 19.4. The van der Waals surface area contributed by atoms with E-state index in [1.54, 1.807) is 24.3 Å². The molecule has 0 bridgehead atoms. The summed E-state index contributed by atoms with van der Waals surface area (Å²) in [5.41, 5.74) is -2.98. The maximum atomic E-state index is 13.9. The van der Waals surface area contributed by atoms with E-state index in [0.29, 0.717) is 24.3 Å². The van der Waals surface area contributed by atoms with Gasteiger partial charge in [0.05, 0.1) is 36.8 Å². The highest BCUT2D eigenvalue weighted by Gasteiger charge is 2.49. The fraction of sp³-hybridized carbons (Fsp3) is 0.344. The lowest BCUT2D eigenvalue weighted by molar-refractivity contribution is -0.150. The van der Waals surface area contributed by atoms with Crippen LogP contribution in [0.3, 0.4) is 0 Å². The van der Waals surface area contributed by atoms with Gasteiger partial charge in [-0.2, -0.15) is 26.3 Å². The van der Waals surface area contributed by atoms with Gasteiger partial charge in [-0.1, -0.05) is 30.3 Å². The topological polar surface area (TPSA) is 84.9 Å². The maximum Gasteiger partial charge on any atom is 0.416 e. The predicted molar refractivity (Wildman–Crippen MR) is 150 cm³/mol. The molecule has 1 N–H and O–H groups in total. The molecule has 240 valence electrons. The number of halogens is 6. The zero-order valence-electron chi connectivity index (χ0n) is 24.5. The van der Waals surface area contributed by atoms with Crippen LogP contribution in [0.5, 0.6) is 5.75 Å². The molecule has 7 nitrogen and oxygen atoms in total. The van der Waals surface area contributed by atoms with Crippen LogP contribution in [0.4, 0.5) is 26.3 Å². The molecule has 13 heteroatoms. The van der Waals surface area contributed by atoms with Gasteiger partial charge in [0.15, 0.2) is 0 Å². The van der Waals surface area contributed by atoms with Gasteiger partial charge in [-0.25, -0.2) is 4.79 Å². The number of hydrogen-bond donors (Lipinski definition) is 1. The quantitative estimate of drug-likeness (QED) is 0.220. The van der Waals surface area contributed by atoms with Gasteiger partial charge in [-0.05, 0) is 73.4 Å². The SMILES string of the molecule is CCOC(=O)C(C)N1C(=O)c2ccccc2C(C(=O)NCCc2ccc(OC)cc2)C1c1cc(C(F)(F)F)cc(C(F)(F)F)c1. The molecular weight excluding hydrogens is 606 g/mol. The Balaban J connectivity index is 1.87. The summed E-state index contributed by atoms with van der Waals surface area (Å²) in [5, 5.41) is 2.72. The Bertz CT molecular complexity index is 1520. The Morgan fingerprint density at radius 3 is 2.09 bits per heavy atom. The van der Waals surface area contributed by atoms with Gasteiger partial charge < -0.3 is 19.7 Å². The molecular formula is C32H30F6N2O5. The van der Waals surface area contributed by atoms with Crippen molar-refractivity contribution in [3.05, 3.63) is 100 Å². The number of carbonyl (C=O) groups excluding carboxylic acids is 3. The lowest BCUT2D eigenvalue weighted by Gasteiger charge is -2.44. The average molecular weight is 637 g/mol. The minimum Gasteiger partial charge on any atom is -0.497 e. The molecule has 0 saturated heterocycles. The number of carbonyl (C=O) groups is 3. The molecule has 0 spiro atoms. The number of esters is 1. The van der Waals surface area contributed by atoms with Crippen molar-refractivity contribution in [1.82, 2.24) is 10.2 Å². The first-order valence-corrected chi connectivity index (χ1v) is 14.0. The highest BCUT2D eigenvalue weighted by molar-refractivity contribution is 6.03. The van der Waals surface area contributed by atoms with Crippen LogP contribution in [0.2, 0.25) is 0 Å². The third-order valence-electron chi connectivity index (χ3n) is 7.53. The first-order valence-electron chi connectivity index (χ1n) is 14.0. The molecule has 3 atom stereocenters. The largest absolute Gasteiger partial charge is 0.497 e. The van der Waals surface area contributed by atoms with Gasteiger partial charge in [0, 0.05) is 12.1 Å². The van der Waals surface area contributed by atoms with Gasteiger partial charge in [0.25, 0.3) is 5.91 Å². The lowest BCUT2D eigenvalue weighted by Crippen LogP contribution is -2.53. The zero-order valence-corrected chi connectivity index (χ0v) is 24.5. The van der Waals surface area contributed by atoms with Gasteiger partial charge in [0.1, 0.15) is 11.8 Å². The Labute approximate surface area is 255 Å². The Kier molecular flexibility index (Phi) is 9.79. The van der Waals surface area contributed by atoms with Gasteiger partial charge in [-0.3, -0.25) is 9.59 Å². The first kappa shape index (κ1) is 33.3. The van der Waals surface area contributed by atoms with E-state index in [4.69, 9.17) is 9.47 Å². The monoisotopic (exact) mass is 636 g/mol. The molecule has 0 aliphatic carbocycles. The number of alkyl halides is 6. The predicted octanol–water partition coefficient (Wildman–Crippen LogP) is 6.32. The molecule has 1 heterocycles. The highest BCUT2D eigenvalue weighted by Crippen LogP contribution is 2.46. The fourth-order valence-corrected chi connectivity index (χ4v) is 5.37. The molecule has 0 aromatic heterocycles. The van der Waals surface area contributed by atoms with Crippen LogP contribution in [0.15, 0.2) is 66.7 Å². The number of nitrogens with zero attached hydrogens (tertiary/aromatic N) is 1. The van der Waals surface area contributed by atoms with Crippen molar-refractivity contribution in [3.63, 3.8) is 0 Å². The summed E-state index contributed by atoms with van der Waals surface area (Å²) in [4.78, 5) is 41.5. The standard InChI is InChI=1S/C32H30F6N2O5/c1-4-45-30(43)18(2)40-27(20-15-21(31(33,34)35)17-22(16-20)32(36,37)38)26(24-7-5-6-8-25(24)29(40)42)28(41)39-14-13-19-9-11-23(44-3)12-10-19/h5-12,15-18,26-27H,4,13-14H2,1-3H3,(H,39,41). The molecule has 3 aromatic carbocycles. The molecule has 0 saturated carbocycles. The number of fused-ring (bicyclic) bond motifs is 1. The smallest absolute Gasteiger partial charge is 0.416 e. The number of ether oxygens (including phenoxy) is 2. The van der Waals surface area contributed by atoms with E-state index < -0.39 is 64.8 Å². The Morgan fingerprint density at radius 1 is 0.933 bits per heavy atom. The number of nitrogens with one attached hydrogen (secondary N) is 1. The average Bonchev–Trinajstić information content (AvgIpc) is 3.00. The first-order chi connectivity index (χ1) is 21.2. The summed E-state index contributed by atoms with van der Waals surface area (Å²) in [6.07, 6.45) is -10.1. The third kappa shape index (κ3) is 7.23. The van der Waals surface area contributed by atoms with Crippen LogP contribution in [0, 0.1) is 0 Å². The van der Waals surface area contributed by atoms with Crippen LogP contribution in [0.25, 0.3) is 0 Å². The molecule has 45 heavy (non-hydrogen) atoms. The van der Waals surface area contributed by atoms with E-state index in [9.17, 15) is 40.7 Å². The second-order valence-electron chi connectivity index (χ2n) is 10.4. The summed E-state index contributed by atoms with van der Waals surface area (Å²) in [6, 6.07) is 10.5. The van der Waals surface area contributed by atoms with E-state index in [2.05, 4.69) is 5.32 Å². The molecule has 3 aromatic rings. The molecule has 1 aliphatic rings. The van der Waals surface area contributed by atoms with Crippen molar-refractivity contribution in [2.45, 2.75) is 50.6 Å². The van der Waals surface area contributed by atoms with Gasteiger partial charge in [0.2, 0.25) is 5.91 Å². The van der Waals surface area contributed by atoms with E-state index in [1.165, 1.54) is 45.2 Å². The normalized spacial score (nSPS) is 17.4. The summed E-state index contributed by atoms with van der Waals surface area (Å²) in [7, 11) is 1.51. The molecule has 4 rings (SSSR count). The number of hydrogen-bond acceptors (Lipinski definition) is 5. The zero-order chi connectivity index (χ0) is 33.1. The van der Waals surface area contributed by atoms with Crippen LogP contribution in [0.1, 0.15) is 64.0 Å². The summed E-state index contributed by atoms with van der Waals surface area (Å²) in [6.45, 7) is 2.68. The summed E-state index contributed by atoms with van der Waals surface area (Å²) < 4.78 is 93.7. The van der Waals surface area contributed by atoms with E-state index in [0.717, 1.165) is 10.5 Å². The minimum atomic E-state index is -5.19. The van der Waals surface area contributed by atoms with E-state index in [-0.39, 0.29) is 30.3 Å². The van der Waals surface area contributed by atoms with Crippen molar-refractivity contribution in [1.29, 1.82) is 0 Å². The maximum absolute atomic E-state index is 13.9.